The Bertz CT molecular complexity index is 893. The molecule has 0 aliphatic carbocycles. The van der Waals surface area contributed by atoms with Crippen LogP contribution in [-0.4, -0.2) is 29.9 Å². The van der Waals surface area contributed by atoms with Crippen LogP contribution in [0.1, 0.15) is 26.5 Å². The van der Waals surface area contributed by atoms with Gasteiger partial charge in [-0.25, -0.2) is 8.89 Å². The standard InChI is InChI=1S/C17H18N4OS/c1-17(2,3)23(22)20-12-14-16(9-6-10-18-14)21-15-8-5-4-7-13(15)11-19-21/h4-12H,1-3H3/b20-12+/t23-/m0/s1. The SMILES string of the molecule is CC(C)(C)[S@](=O)/N=C/c1ncccc1-n1ncc2ccccc21. The van der Waals surface area contributed by atoms with Crippen molar-refractivity contribution in [3.05, 3.63) is 54.5 Å². The molecule has 6 heteroatoms. The average Bonchev–Trinajstić information content (AvgIpc) is 2.96. The Balaban J connectivity index is 2.05. The molecule has 0 bridgehead atoms. The van der Waals surface area contributed by atoms with Gasteiger partial charge in [0.25, 0.3) is 0 Å². The fourth-order valence-electron chi connectivity index (χ4n) is 2.11. The Kier molecular flexibility index (Phi) is 4.09. The highest BCUT2D eigenvalue weighted by molar-refractivity contribution is 7.85. The monoisotopic (exact) mass is 326 g/mol. The highest BCUT2D eigenvalue weighted by Crippen LogP contribution is 2.19. The zero-order valence-corrected chi connectivity index (χ0v) is 14.1. The normalized spacial score (nSPS) is 13.7. The van der Waals surface area contributed by atoms with Crippen molar-refractivity contribution < 1.29 is 4.21 Å². The van der Waals surface area contributed by atoms with Crippen molar-refractivity contribution in [1.29, 1.82) is 0 Å². The molecule has 1 atom stereocenters. The van der Waals surface area contributed by atoms with Crippen LogP contribution in [0.3, 0.4) is 0 Å². The molecule has 0 radical (unpaired) electrons. The number of nitrogens with zero attached hydrogens (tertiary/aromatic N) is 4. The van der Waals surface area contributed by atoms with Crippen molar-refractivity contribution in [3.63, 3.8) is 0 Å². The molecule has 0 fully saturated rings. The van der Waals surface area contributed by atoms with Crippen LogP contribution in [0.2, 0.25) is 0 Å². The molecule has 118 valence electrons. The molecule has 23 heavy (non-hydrogen) atoms. The fraction of sp³-hybridized carbons (Fsp3) is 0.235. The van der Waals surface area contributed by atoms with E-state index in [1.165, 1.54) is 0 Å². The third kappa shape index (κ3) is 3.22. The van der Waals surface area contributed by atoms with Gasteiger partial charge >= 0.3 is 0 Å². The number of hydrogen-bond donors (Lipinski definition) is 0. The Morgan fingerprint density at radius 3 is 2.74 bits per heavy atom. The van der Waals surface area contributed by atoms with Gasteiger partial charge in [0, 0.05) is 11.6 Å². The maximum absolute atomic E-state index is 12.1. The van der Waals surface area contributed by atoms with E-state index < -0.39 is 15.7 Å². The van der Waals surface area contributed by atoms with E-state index in [2.05, 4.69) is 14.5 Å². The summed E-state index contributed by atoms with van der Waals surface area (Å²) in [4.78, 5) is 4.35. The van der Waals surface area contributed by atoms with Gasteiger partial charge in [0.15, 0.2) is 0 Å². The first-order chi connectivity index (χ1) is 11.0. The molecule has 0 unspecified atom stereocenters. The molecular formula is C17H18N4OS. The summed E-state index contributed by atoms with van der Waals surface area (Å²) in [7, 11) is -1.32. The van der Waals surface area contributed by atoms with Crippen LogP contribution in [0, 0.1) is 0 Å². The van der Waals surface area contributed by atoms with E-state index in [4.69, 9.17) is 0 Å². The van der Waals surface area contributed by atoms with E-state index in [1.54, 1.807) is 12.4 Å². The third-order valence-electron chi connectivity index (χ3n) is 3.32. The van der Waals surface area contributed by atoms with E-state index in [0.29, 0.717) is 5.69 Å². The molecule has 5 nitrogen and oxygen atoms in total. The first-order valence-corrected chi connectivity index (χ1v) is 8.42. The second-order valence-corrected chi connectivity index (χ2v) is 8.05. The maximum Gasteiger partial charge on any atom is 0.144 e. The van der Waals surface area contributed by atoms with Crippen molar-refractivity contribution >= 4 is 28.1 Å². The second-order valence-electron chi connectivity index (χ2n) is 6.12. The highest BCUT2D eigenvalue weighted by Gasteiger charge is 2.18. The molecule has 0 aliphatic heterocycles. The summed E-state index contributed by atoms with van der Waals surface area (Å²) in [6.45, 7) is 5.67. The Hall–Kier alpha value is -2.34. The highest BCUT2D eigenvalue weighted by atomic mass is 32.2. The molecule has 0 aliphatic rings. The molecule has 3 rings (SSSR count). The summed E-state index contributed by atoms with van der Waals surface area (Å²) < 4.78 is 17.7. The Labute approximate surface area is 137 Å². The first kappa shape index (κ1) is 15.6. The summed E-state index contributed by atoms with van der Waals surface area (Å²) >= 11 is 0. The molecule has 1 aromatic carbocycles. The Morgan fingerprint density at radius 1 is 1.17 bits per heavy atom. The van der Waals surface area contributed by atoms with Crippen LogP contribution < -0.4 is 0 Å². The molecule has 2 aromatic heterocycles. The number of rotatable bonds is 3. The molecular weight excluding hydrogens is 308 g/mol. The van der Waals surface area contributed by atoms with Crippen LogP contribution in [0.25, 0.3) is 16.6 Å². The lowest BCUT2D eigenvalue weighted by atomic mass is 10.2. The molecule has 0 saturated heterocycles. The van der Waals surface area contributed by atoms with Gasteiger partial charge in [-0.2, -0.15) is 9.50 Å². The first-order valence-electron chi connectivity index (χ1n) is 7.31. The predicted octanol–water partition coefficient (Wildman–Crippen LogP) is 3.30. The third-order valence-corrected chi connectivity index (χ3v) is 4.66. The lowest BCUT2D eigenvalue weighted by Gasteiger charge is -2.13. The van der Waals surface area contributed by atoms with Crippen LogP contribution in [0.15, 0.2) is 53.2 Å². The van der Waals surface area contributed by atoms with Crippen molar-refractivity contribution in [3.8, 4) is 5.69 Å². The number of benzene rings is 1. The minimum atomic E-state index is -1.32. The number of aromatic nitrogens is 3. The van der Waals surface area contributed by atoms with E-state index in [-0.39, 0.29) is 0 Å². The van der Waals surface area contributed by atoms with E-state index >= 15 is 0 Å². The van der Waals surface area contributed by atoms with E-state index in [9.17, 15) is 4.21 Å². The van der Waals surface area contributed by atoms with Gasteiger partial charge in [-0.3, -0.25) is 4.98 Å². The molecule has 0 saturated carbocycles. The minimum Gasteiger partial charge on any atom is -0.253 e. The van der Waals surface area contributed by atoms with Crippen molar-refractivity contribution in [1.82, 2.24) is 14.8 Å². The van der Waals surface area contributed by atoms with E-state index in [0.717, 1.165) is 16.6 Å². The molecule has 0 amide bonds. The number of hydrogen-bond acceptors (Lipinski definition) is 3. The number of fused-ring (bicyclic) bond motifs is 1. The second kappa shape index (κ2) is 6.04. The molecule has 2 heterocycles. The smallest absolute Gasteiger partial charge is 0.144 e. The van der Waals surface area contributed by atoms with Crippen molar-refractivity contribution in [2.24, 2.45) is 4.40 Å². The van der Waals surface area contributed by atoms with Crippen LogP contribution in [-0.2, 0) is 11.0 Å². The quantitative estimate of drug-likeness (QED) is 0.694. The fourth-order valence-corrected chi connectivity index (χ4v) is 2.62. The summed E-state index contributed by atoms with van der Waals surface area (Å²) in [5.74, 6) is 0. The largest absolute Gasteiger partial charge is 0.253 e. The lowest BCUT2D eigenvalue weighted by molar-refractivity contribution is 0.651. The van der Waals surface area contributed by atoms with Crippen molar-refractivity contribution in [2.75, 3.05) is 0 Å². The van der Waals surface area contributed by atoms with Gasteiger partial charge in [0.05, 0.1) is 28.4 Å². The van der Waals surface area contributed by atoms with Crippen LogP contribution >= 0.6 is 0 Å². The summed E-state index contributed by atoms with van der Waals surface area (Å²) in [5.41, 5.74) is 2.44. The van der Waals surface area contributed by atoms with Gasteiger partial charge in [0.2, 0.25) is 0 Å². The van der Waals surface area contributed by atoms with Gasteiger partial charge < -0.3 is 0 Å². The van der Waals surface area contributed by atoms with Gasteiger partial charge in [-0.15, -0.1) is 0 Å². The minimum absolute atomic E-state index is 0.399. The molecule has 3 aromatic rings. The number of pyridine rings is 1. The molecule has 0 spiro atoms. The topological polar surface area (TPSA) is 60.1 Å². The van der Waals surface area contributed by atoms with Crippen LogP contribution in [0.5, 0.6) is 0 Å². The van der Waals surface area contributed by atoms with Gasteiger partial charge in [-0.1, -0.05) is 18.2 Å². The average molecular weight is 326 g/mol. The summed E-state index contributed by atoms with van der Waals surface area (Å²) in [5, 5.41) is 5.49. The lowest BCUT2D eigenvalue weighted by Crippen LogP contribution is -2.19. The maximum atomic E-state index is 12.1. The summed E-state index contributed by atoms with van der Waals surface area (Å²) in [6.07, 6.45) is 5.07. The zero-order chi connectivity index (χ0) is 16.4. The molecule has 0 N–H and O–H groups in total. The van der Waals surface area contributed by atoms with Crippen molar-refractivity contribution in [2.45, 2.75) is 25.5 Å². The number of para-hydroxylation sites is 1. The van der Waals surface area contributed by atoms with Crippen LogP contribution in [0.4, 0.5) is 0 Å². The zero-order valence-electron chi connectivity index (χ0n) is 13.3. The Morgan fingerprint density at radius 2 is 1.96 bits per heavy atom. The summed E-state index contributed by atoms with van der Waals surface area (Å²) in [6, 6.07) is 11.7. The van der Waals surface area contributed by atoms with Gasteiger partial charge in [-0.05, 0) is 39.0 Å². The van der Waals surface area contributed by atoms with Gasteiger partial charge in [0.1, 0.15) is 16.7 Å². The van der Waals surface area contributed by atoms with E-state index in [1.807, 2.05) is 68.0 Å². The predicted molar refractivity (Wildman–Crippen MR) is 94.4 cm³/mol.